The summed E-state index contributed by atoms with van der Waals surface area (Å²) in [6.07, 6.45) is 2.47. The Morgan fingerprint density at radius 1 is 1.25 bits per heavy atom. The molecule has 3 rings (SSSR count). The monoisotopic (exact) mass is 331 g/mol. The van der Waals surface area contributed by atoms with Crippen molar-refractivity contribution in [2.45, 2.75) is 44.6 Å². The van der Waals surface area contributed by atoms with E-state index in [1.54, 1.807) is 0 Å². The molecule has 0 bridgehead atoms. The Morgan fingerprint density at radius 2 is 1.96 bits per heavy atom. The Bertz CT molecular complexity index is 609. The van der Waals surface area contributed by atoms with E-state index < -0.39 is 5.97 Å². The molecule has 0 aromatic heterocycles. The molecule has 1 N–H and O–H groups in total. The Kier molecular flexibility index (Phi) is 5.19. The number of ether oxygens (including phenoxy) is 1. The highest BCUT2D eigenvalue weighted by molar-refractivity contribution is 5.84. The van der Waals surface area contributed by atoms with E-state index in [1.807, 2.05) is 17.0 Å². The molecular weight excluding hydrogens is 306 g/mol. The lowest BCUT2D eigenvalue weighted by Gasteiger charge is -2.34. The molecule has 0 radical (unpaired) electrons. The molecule has 2 fully saturated rings. The van der Waals surface area contributed by atoms with Crippen LogP contribution in [-0.4, -0.2) is 47.7 Å². The number of nitrogens with zero attached hydrogens (tertiary/aromatic N) is 1. The van der Waals surface area contributed by atoms with E-state index in [2.05, 4.69) is 19.1 Å². The summed E-state index contributed by atoms with van der Waals surface area (Å²) in [5, 5.41) is 9.00. The predicted octanol–water partition coefficient (Wildman–Crippen LogP) is 2.58. The van der Waals surface area contributed by atoms with Gasteiger partial charge in [0, 0.05) is 31.7 Å². The Morgan fingerprint density at radius 3 is 2.62 bits per heavy atom. The van der Waals surface area contributed by atoms with E-state index in [4.69, 9.17) is 9.84 Å². The number of hydrogen-bond acceptors (Lipinski definition) is 3. The number of carbonyl (C=O) groups is 2. The van der Waals surface area contributed by atoms with Crippen molar-refractivity contribution in [2.75, 3.05) is 19.8 Å². The molecular formula is C19H25NO4. The molecule has 5 heteroatoms. The van der Waals surface area contributed by atoms with Crippen LogP contribution in [0, 0.1) is 12.8 Å². The van der Waals surface area contributed by atoms with Crippen LogP contribution in [0.4, 0.5) is 0 Å². The van der Waals surface area contributed by atoms with Gasteiger partial charge in [0.05, 0.1) is 6.42 Å². The van der Waals surface area contributed by atoms with E-state index >= 15 is 0 Å². The van der Waals surface area contributed by atoms with Crippen molar-refractivity contribution in [3.63, 3.8) is 0 Å². The molecule has 5 nitrogen and oxygen atoms in total. The van der Waals surface area contributed by atoms with E-state index in [-0.39, 0.29) is 30.2 Å². The van der Waals surface area contributed by atoms with Crippen LogP contribution in [0.1, 0.15) is 42.7 Å². The van der Waals surface area contributed by atoms with Crippen LogP contribution in [0.5, 0.6) is 0 Å². The maximum absolute atomic E-state index is 13.0. The van der Waals surface area contributed by atoms with Gasteiger partial charge in [0.2, 0.25) is 5.91 Å². The number of aryl methyl sites for hydroxylation is 1. The van der Waals surface area contributed by atoms with Crippen molar-refractivity contribution in [1.29, 1.82) is 0 Å². The van der Waals surface area contributed by atoms with Gasteiger partial charge in [0.25, 0.3) is 0 Å². The zero-order chi connectivity index (χ0) is 17.1. The van der Waals surface area contributed by atoms with Crippen LogP contribution in [-0.2, 0) is 14.3 Å². The normalized spacial score (nSPS) is 23.7. The number of hydrogen-bond donors (Lipinski definition) is 1. The summed E-state index contributed by atoms with van der Waals surface area (Å²) in [7, 11) is 0. The Balaban J connectivity index is 1.69. The van der Waals surface area contributed by atoms with Crippen LogP contribution in [0.25, 0.3) is 0 Å². The fourth-order valence-corrected chi connectivity index (χ4v) is 3.71. The standard InChI is InChI=1S/C19H25NO4/c1-13-4-2-3-5-15(13)16-12-17(16)19(23)20(9-6-18(21)22)14-7-10-24-11-8-14/h2-5,14,16-17H,6-12H2,1H3,(H,21,22). The van der Waals surface area contributed by atoms with Crippen molar-refractivity contribution in [3.05, 3.63) is 35.4 Å². The molecule has 1 amide bonds. The highest BCUT2D eigenvalue weighted by Gasteiger charge is 2.47. The molecule has 1 aliphatic carbocycles. The molecule has 2 aliphatic rings. The number of amides is 1. The first-order valence-corrected chi connectivity index (χ1v) is 8.73. The summed E-state index contributed by atoms with van der Waals surface area (Å²) >= 11 is 0. The number of rotatable bonds is 6. The van der Waals surface area contributed by atoms with Gasteiger partial charge in [-0.3, -0.25) is 9.59 Å². The second kappa shape index (κ2) is 7.34. The molecule has 130 valence electrons. The summed E-state index contributed by atoms with van der Waals surface area (Å²) < 4.78 is 5.38. The number of benzene rings is 1. The molecule has 1 saturated carbocycles. The largest absolute Gasteiger partial charge is 0.481 e. The zero-order valence-electron chi connectivity index (χ0n) is 14.1. The second-order valence-electron chi connectivity index (χ2n) is 6.82. The van der Waals surface area contributed by atoms with Gasteiger partial charge in [-0.1, -0.05) is 24.3 Å². The van der Waals surface area contributed by atoms with Gasteiger partial charge in [0.1, 0.15) is 0 Å². The maximum Gasteiger partial charge on any atom is 0.305 e. The first-order chi connectivity index (χ1) is 11.6. The summed E-state index contributed by atoms with van der Waals surface area (Å²) in [5.74, 6) is -0.448. The fourth-order valence-electron chi connectivity index (χ4n) is 3.71. The molecule has 1 saturated heterocycles. The molecule has 1 aliphatic heterocycles. The molecule has 24 heavy (non-hydrogen) atoms. The minimum atomic E-state index is -0.855. The second-order valence-corrected chi connectivity index (χ2v) is 6.82. The third-order valence-corrected chi connectivity index (χ3v) is 5.18. The molecule has 0 spiro atoms. The topological polar surface area (TPSA) is 66.8 Å². The van der Waals surface area contributed by atoms with E-state index in [0.29, 0.717) is 19.8 Å². The van der Waals surface area contributed by atoms with Gasteiger partial charge in [-0.25, -0.2) is 0 Å². The summed E-state index contributed by atoms with van der Waals surface area (Å²) in [4.78, 5) is 25.8. The van der Waals surface area contributed by atoms with E-state index in [1.165, 1.54) is 11.1 Å². The zero-order valence-corrected chi connectivity index (χ0v) is 14.1. The van der Waals surface area contributed by atoms with Crippen molar-refractivity contribution < 1.29 is 19.4 Å². The lowest BCUT2D eigenvalue weighted by molar-refractivity contribution is -0.141. The minimum Gasteiger partial charge on any atom is -0.481 e. The van der Waals surface area contributed by atoms with Crippen molar-refractivity contribution in [1.82, 2.24) is 4.90 Å². The number of carboxylic acids is 1. The van der Waals surface area contributed by atoms with Crippen LogP contribution in [0.3, 0.4) is 0 Å². The summed E-state index contributed by atoms with van der Waals surface area (Å²) in [6, 6.07) is 8.32. The summed E-state index contributed by atoms with van der Waals surface area (Å²) in [5.41, 5.74) is 2.47. The van der Waals surface area contributed by atoms with Crippen molar-refractivity contribution in [3.8, 4) is 0 Å². The average molecular weight is 331 g/mol. The fraction of sp³-hybridized carbons (Fsp3) is 0.579. The molecule has 1 aromatic rings. The minimum absolute atomic E-state index is 0.00254. The van der Waals surface area contributed by atoms with Gasteiger partial charge < -0.3 is 14.7 Å². The van der Waals surface area contributed by atoms with Crippen molar-refractivity contribution >= 4 is 11.9 Å². The van der Waals surface area contributed by atoms with Gasteiger partial charge in [0.15, 0.2) is 0 Å². The first-order valence-electron chi connectivity index (χ1n) is 8.73. The predicted molar refractivity (Wildman–Crippen MR) is 89.8 cm³/mol. The van der Waals surface area contributed by atoms with E-state index in [0.717, 1.165) is 19.3 Å². The Labute approximate surface area is 142 Å². The van der Waals surface area contributed by atoms with Crippen LogP contribution in [0.2, 0.25) is 0 Å². The quantitative estimate of drug-likeness (QED) is 0.870. The first kappa shape index (κ1) is 17.0. The van der Waals surface area contributed by atoms with Gasteiger partial charge in [-0.2, -0.15) is 0 Å². The van der Waals surface area contributed by atoms with Crippen LogP contribution < -0.4 is 0 Å². The third-order valence-electron chi connectivity index (χ3n) is 5.18. The lowest BCUT2D eigenvalue weighted by atomic mass is 10.0. The van der Waals surface area contributed by atoms with Gasteiger partial charge in [-0.05, 0) is 43.2 Å². The molecule has 1 aromatic carbocycles. The number of carbonyl (C=O) groups excluding carboxylic acids is 1. The SMILES string of the molecule is Cc1ccccc1C1CC1C(=O)N(CCC(=O)O)C1CCOCC1. The number of carboxylic acid groups (broad SMARTS) is 1. The average Bonchev–Trinajstić information content (AvgIpc) is 3.36. The molecule has 1 heterocycles. The number of aliphatic carboxylic acids is 1. The van der Waals surface area contributed by atoms with E-state index in [9.17, 15) is 9.59 Å². The highest BCUT2D eigenvalue weighted by atomic mass is 16.5. The maximum atomic E-state index is 13.0. The smallest absolute Gasteiger partial charge is 0.305 e. The highest BCUT2D eigenvalue weighted by Crippen LogP contribution is 2.49. The summed E-state index contributed by atoms with van der Waals surface area (Å²) in [6.45, 7) is 3.67. The molecule has 2 atom stereocenters. The van der Waals surface area contributed by atoms with Crippen LogP contribution >= 0.6 is 0 Å². The van der Waals surface area contributed by atoms with Crippen molar-refractivity contribution in [2.24, 2.45) is 5.92 Å². The lowest BCUT2D eigenvalue weighted by Crippen LogP contribution is -2.45. The van der Waals surface area contributed by atoms with Crippen LogP contribution in [0.15, 0.2) is 24.3 Å². The third kappa shape index (κ3) is 3.78. The molecule has 2 unspecified atom stereocenters. The Hall–Kier alpha value is -1.88. The van der Waals surface area contributed by atoms with Gasteiger partial charge in [-0.15, -0.1) is 0 Å². The van der Waals surface area contributed by atoms with Gasteiger partial charge >= 0.3 is 5.97 Å².